The number of carbonyl (C=O) groups is 1. The molecule has 0 saturated heterocycles. The fourth-order valence-electron chi connectivity index (χ4n) is 3.81. The van der Waals surface area contributed by atoms with Crippen molar-refractivity contribution in [3.63, 3.8) is 0 Å². The summed E-state index contributed by atoms with van der Waals surface area (Å²) in [6, 6.07) is 13.2. The van der Waals surface area contributed by atoms with Gasteiger partial charge in [-0.15, -0.1) is 0 Å². The third kappa shape index (κ3) is 5.31. The van der Waals surface area contributed by atoms with Gasteiger partial charge in [0.1, 0.15) is 11.6 Å². The molecule has 0 saturated carbocycles. The molecule has 1 aromatic heterocycles. The number of rotatable bonds is 5. The molecule has 0 aliphatic heterocycles. The Balaban J connectivity index is 2.04. The maximum atomic E-state index is 11.4. The van der Waals surface area contributed by atoms with E-state index >= 15 is 0 Å². The Hall–Kier alpha value is -3.28. The summed E-state index contributed by atoms with van der Waals surface area (Å²) >= 11 is 0. The van der Waals surface area contributed by atoms with E-state index in [0.717, 1.165) is 27.9 Å². The zero-order valence-electron chi connectivity index (χ0n) is 19.7. The third-order valence-corrected chi connectivity index (χ3v) is 5.54. The van der Waals surface area contributed by atoms with Crippen LogP contribution >= 0.6 is 0 Å². The van der Waals surface area contributed by atoms with Crippen LogP contribution in [0.3, 0.4) is 0 Å². The van der Waals surface area contributed by atoms with E-state index in [-0.39, 0.29) is 10.8 Å². The smallest absolute Gasteiger partial charge is 0.405 e. The summed E-state index contributed by atoms with van der Waals surface area (Å²) in [6.45, 7) is 12.4. The number of phenolic OH excluding ortho intramolecular Hbond substituents is 1. The molecule has 0 aliphatic rings. The van der Waals surface area contributed by atoms with Crippen LogP contribution in [-0.4, -0.2) is 26.3 Å². The molecule has 1 amide bonds. The predicted molar refractivity (Wildman–Crippen MR) is 127 cm³/mol. The highest BCUT2D eigenvalue weighted by atomic mass is 16.4. The van der Waals surface area contributed by atoms with E-state index in [4.69, 9.17) is 0 Å². The van der Waals surface area contributed by atoms with E-state index in [0.29, 0.717) is 18.0 Å². The van der Waals surface area contributed by atoms with Crippen LogP contribution in [0.15, 0.2) is 48.7 Å². The number of nitrogens with zero attached hydrogens (tertiary/aromatic N) is 1. The minimum atomic E-state index is -1.10. The molecular weight excluding hydrogens is 402 g/mol. The molecule has 170 valence electrons. The molecule has 3 rings (SSSR count). The van der Waals surface area contributed by atoms with Gasteiger partial charge >= 0.3 is 6.09 Å². The summed E-state index contributed by atoms with van der Waals surface area (Å²) in [7, 11) is 0. The van der Waals surface area contributed by atoms with Crippen LogP contribution < -0.4 is 5.32 Å². The van der Waals surface area contributed by atoms with Gasteiger partial charge in [0.2, 0.25) is 0 Å². The van der Waals surface area contributed by atoms with Gasteiger partial charge in [-0.1, -0.05) is 71.9 Å². The monoisotopic (exact) mass is 435 g/mol. The van der Waals surface area contributed by atoms with Crippen molar-refractivity contribution in [2.24, 2.45) is 0 Å². The number of imidazole rings is 1. The van der Waals surface area contributed by atoms with Gasteiger partial charge in [0.15, 0.2) is 0 Å². The number of carboxylic acid groups (broad SMARTS) is 1. The number of amides is 1. The van der Waals surface area contributed by atoms with Crippen molar-refractivity contribution in [3.8, 4) is 17.0 Å². The molecule has 4 N–H and O–H groups in total. The summed E-state index contributed by atoms with van der Waals surface area (Å²) in [5.74, 6) is 0.872. The molecule has 6 nitrogen and oxygen atoms in total. The van der Waals surface area contributed by atoms with Crippen LogP contribution in [0.4, 0.5) is 4.79 Å². The van der Waals surface area contributed by atoms with Gasteiger partial charge in [0, 0.05) is 23.1 Å². The molecule has 0 radical (unpaired) electrons. The van der Waals surface area contributed by atoms with E-state index in [9.17, 15) is 15.0 Å². The van der Waals surface area contributed by atoms with E-state index in [1.165, 1.54) is 0 Å². The molecule has 0 fully saturated rings. The van der Waals surface area contributed by atoms with Crippen molar-refractivity contribution < 1.29 is 15.0 Å². The summed E-state index contributed by atoms with van der Waals surface area (Å²) in [5.41, 5.74) is 3.93. The van der Waals surface area contributed by atoms with Crippen molar-refractivity contribution in [1.29, 1.82) is 0 Å². The number of aromatic amines is 1. The van der Waals surface area contributed by atoms with Gasteiger partial charge in [0.05, 0.1) is 17.9 Å². The third-order valence-electron chi connectivity index (χ3n) is 5.54. The first-order chi connectivity index (χ1) is 14.9. The van der Waals surface area contributed by atoms with Crippen molar-refractivity contribution in [3.05, 3.63) is 71.2 Å². The molecule has 1 heterocycles. The number of hydrogen-bond acceptors (Lipinski definition) is 3. The maximum absolute atomic E-state index is 11.4. The number of aromatic nitrogens is 2. The van der Waals surface area contributed by atoms with Crippen molar-refractivity contribution in [1.82, 2.24) is 15.3 Å². The van der Waals surface area contributed by atoms with E-state index in [1.54, 1.807) is 6.20 Å². The second-order valence-corrected chi connectivity index (χ2v) is 10.3. The van der Waals surface area contributed by atoms with Crippen LogP contribution in [-0.2, 0) is 17.3 Å². The number of H-pyrrole nitrogens is 1. The average Bonchev–Trinajstić information content (AvgIpc) is 3.16. The molecule has 0 bridgehead atoms. The topological polar surface area (TPSA) is 98.2 Å². The van der Waals surface area contributed by atoms with Crippen LogP contribution in [0.1, 0.15) is 70.1 Å². The Morgan fingerprint density at radius 1 is 1.03 bits per heavy atom. The van der Waals surface area contributed by atoms with E-state index in [1.807, 2.05) is 42.5 Å². The Bertz CT molecular complexity index is 1050. The van der Waals surface area contributed by atoms with Gasteiger partial charge in [-0.2, -0.15) is 0 Å². The van der Waals surface area contributed by atoms with Gasteiger partial charge < -0.3 is 20.5 Å². The Morgan fingerprint density at radius 2 is 1.59 bits per heavy atom. The second kappa shape index (κ2) is 8.69. The standard InChI is InChI=1S/C26H33N3O3/c1-25(2,3)18-13-17(14-19(22(18)30)26(4,5)6)21-15-27-23(28-21)20(29-24(31)32)12-16-10-8-7-9-11-16/h7-11,13-15,20,29-30H,12H2,1-6H3,(H,27,28)(H,31,32). The lowest BCUT2D eigenvalue weighted by atomic mass is 9.78. The van der Waals surface area contributed by atoms with Gasteiger partial charge in [-0.25, -0.2) is 9.78 Å². The number of hydrogen-bond donors (Lipinski definition) is 4. The predicted octanol–water partition coefficient (Wildman–Crippen LogP) is 5.93. The Kier molecular flexibility index (Phi) is 6.35. The summed E-state index contributed by atoms with van der Waals surface area (Å²) < 4.78 is 0. The lowest BCUT2D eigenvalue weighted by Gasteiger charge is -2.28. The Labute approximate surface area is 189 Å². The van der Waals surface area contributed by atoms with Gasteiger partial charge in [0.25, 0.3) is 0 Å². The molecule has 32 heavy (non-hydrogen) atoms. The largest absolute Gasteiger partial charge is 0.507 e. The maximum Gasteiger partial charge on any atom is 0.405 e. The minimum absolute atomic E-state index is 0.246. The lowest BCUT2D eigenvalue weighted by molar-refractivity contribution is 0.189. The number of benzene rings is 2. The first-order valence-electron chi connectivity index (χ1n) is 10.8. The van der Waals surface area contributed by atoms with E-state index < -0.39 is 12.1 Å². The highest BCUT2D eigenvalue weighted by Gasteiger charge is 2.27. The molecule has 0 spiro atoms. The zero-order valence-corrected chi connectivity index (χ0v) is 19.7. The normalized spacial score (nSPS) is 13.1. The minimum Gasteiger partial charge on any atom is -0.507 e. The molecular formula is C26H33N3O3. The molecule has 3 aromatic rings. The van der Waals surface area contributed by atoms with Crippen molar-refractivity contribution >= 4 is 6.09 Å². The van der Waals surface area contributed by atoms with Crippen molar-refractivity contribution in [2.75, 3.05) is 0 Å². The highest BCUT2D eigenvalue weighted by molar-refractivity contribution is 5.67. The Morgan fingerprint density at radius 3 is 2.09 bits per heavy atom. The SMILES string of the molecule is CC(C)(C)c1cc(-c2cnc(C(Cc3ccccc3)NC(=O)O)[nH]2)cc(C(C)(C)C)c1O. The molecule has 1 atom stereocenters. The van der Waals surface area contributed by atoms with Gasteiger partial charge in [-0.05, 0) is 28.5 Å². The van der Waals surface area contributed by atoms with Crippen LogP contribution in [0.5, 0.6) is 5.75 Å². The number of phenols is 1. The second-order valence-electron chi connectivity index (χ2n) is 10.3. The molecule has 1 unspecified atom stereocenters. The van der Waals surface area contributed by atoms with Crippen molar-refractivity contribution in [2.45, 2.75) is 64.8 Å². The highest BCUT2D eigenvalue weighted by Crippen LogP contribution is 2.41. The summed E-state index contributed by atoms with van der Waals surface area (Å²) in [4.78, 5) is 19.2. The van der Waals surface area contributed by atoms with Gasteiger partial charge in [-0.3, -0.25) is 0 Å². The fourth-order valence-corrected chi connectivity index (χ4v) is 3.81. The fraction of sp³-hybridized carbons (Fsp3) is 0.385. The summed E-state index contributed by atoms with van der Waals surface area (Å²) in [6.07, 6.45) is 1.11. The number of aromatic hydroxyl groups is 1. The molecule has 6 heteroatoms. The van der Waals surface area contributed by atoms with Crippen LogP contribution in [0, 0.1) is 0 Å². The van der Waals surface area contributed by atoms with E-state index in [2.05, 4.69) is 56.8 Å². The number of nitrogens with one attached hydrogen (secondary N) is 2. The molecule has 0 aliphatic carbocycles. The quantitative estimate of drug-likeness (QED) is 0.399. The zero-order chi connectivity index (χ0) is 23.7. The van der Waals surface area contributed by atoms with Crippen LogP contribution in [0.25, 0.3) is 11.3 Å². The average molecular weight is 436 g/mol. The summed E-state index contributed by atoms with van der Waals surface area (Å²) in [5, 5.41) is 22.9. The lowest BCUT2D eigenvalue weighted by Crippen LogP contribution is -2.29. The first-order valence-corrected chi connectivity index (χ1v) is 10.8. The van der Waals surface area contributed by atoms with Crippen LogP contribution in [0.2, 0.25) is 0 Å². The first kappa shape index (κ1) is 23.4. The molecule has 2 aromatic carbocycles.